The van der Waals surface area contributed by atoms with Gasteiger partial charge in [-0.2, -0.15) is 0 Å². The summed E-state index contributed by atoms with van der Waals surface area (Å²) in [5, 5.41) is 20.5. The fraction of sp³-hybridized carbons (Fsp3) is 0.259. The number of aromatic hydroxyl groups is 1. The van der Waals surface area contributed by atoms with Crippen LogP contribution in [0.1, 0.15) is 28.4 Å². The van der Waals surface area contributed by atoms with E-state index < -0.39 is 6.10 Å². The van der Waals surface area contributed by atoms with Crippen molar-refractivity contribution in [2.45, 2.75) is 19.1 Å². The minimum absolute atomic E-state index is 0.135. The first kappa shape index (κ1) is 21.9. The second-order valence-electron chi connectivity index (χ2n) is 7.99. The predicted octanol–water partition coefficient (Wildman–Crippen LogP) is 4.58. The predicted molar refractivity (Wildman–Crippen MR) is 126 cm³/mol. The smallest absolute Gasteiger partial charge is 0.161 e. The van der Waals surface area contributed by atoms with E-state index in [2.05, 4.69) is 17.0 Å². The maximum Gasteiger partial charge on any atom is 0.161 e. The van der Waals surface area contributed by atoms with Crippen molar-refractivity contribution in [3.63, 3.8) is 0 Å². The molecule has 1 heterocycles. The number of phenols is 1. The molecule has 0 aromatic heterocycles. The van der Waals surface area contributed by atoms with Crippen LogP contribution >= 0.6 is 0 Å². The zero-order valence-electron chi connectivity index (χ0n) is 18.3. The van der Waals surface area contributed by atoms with Gasteiger partial charge >= 0.3 is 0 Å². The van der Waals surface area contributed by atoms with E-state index in [4.69, 9.17) is 9.47 Å². The van der Waals surface area contributed by atoms with Crippen LogP contribution in [0.25, 0.3) is 6.08 Å². The third-order valence-corrected chi connectivity index (χ3v) is 5.68. The molecule has 0 fully saturated rings. The molecule has 0 saturated carbocycles. The highest BCUT2D eigenvalue weighted by atomic mass is 16.5. The van der Waals surface area contributed by atoms with Crippen LogP contribution in [0.4, 0.5) is 0 Å². The Hall–Kier alpha value is -3.28. The van der Waals surface area contributed by atoms with Gasteiger partial charge in [0, 0.05) is 31.6 Å². The minimum atomic E-state index is -0.552. The van der Waals surface area contributed by atoms with Gasteiger partial charge in [0.2, 0.25) is 0 Å². The number of rotatable bonds is 7. The van der Waals surface area contributed by atoms with Crippen molar-refractivity contribution >= 4 is 6.08 Å². The lowest BCUT2D eigenvalue weighted by atomic mass is 9.99. The van der Waals surface area contributed by atoms with E-state index >= 15 is 0 Å². The van der Waals surface area contributed by atoms with E-state index in [1.165, 1.54) is 0 Å². The molecule has 166 valence electrons. The van der Waals surface area contributed by atoms with Gasteiger partial charge in [-0.25, -0.2) is 0 Å². The molecule has 5 nitrogen and oxygen atoms in total. The Morgan fingerprint density at radius 3 is 2.75 bits per heavy atom. The van der Waals surface area contributed by atoms with Gasteiger partial charge < -0.3 is 19.7 Å². The van der Waals surface area contributed by atoms with Gasteiger partial charge in [0.1, 0.15) is 12.4 Å². The largest absolute Gasteiger partial charge is 0.504 e. The van der Waals surface area contributed by atoms with Gasteiger partial charge in [-0.3, -0.25) is 4.90 Å². The van der Waals surface area contributed by atoms with E-state index in [1.807, 2.05) is 60.7 Å². The average Bonchev–Trinajstić information content (AvgIpc) is 3.02. The van der Waals surface area contributed by atoms with E-state index in [-0.39, 0.29) is 5.75 Å². The molecule has 0 spiro atoms. The summed E-state index contributed by atoms with van der Waals surface area (Å²) >= 11 is 0. The highest BCUT2D eigenvalue weighted by Crippen LogP contribution is 2.29. The third kappa shape index (κ3) is 5.49. The molecule has 1 aliphatic rings. The molecular formula is C27H29NO4. The Morgan fingerprint density at radius 2 is 1.94 bits per heavy atom. The molecule has 2 N–H and O–H groups in total. The lowest BCUT2D eigenvalue weighted by molar-refractivity contribution is 0.178. The van der Waals surface area contributed by atoms with Crippen molar-refractivity contribution in [1.29, 1.82) is 0 Å². The fourth-order valence-corrected chi connectivity index (χ4v) is 3.92. The Kier molecular flexibility index (Phi) is 7.10. The average molecular weight is 432 g/mol. The molecule has 0 saturated heterocycles. The number of aliphatic hydroxyl groups excluding tert-OH is 1. The maximum atomic E-state index is 10.7. The summed E-state index contributed by atoms with van der Waals surface area (Å²) in [6.45, 7) is 2.97. The molecule has 1 aliphatic heterocycles. The number of aliphatic hydroxyl groups is 1. The first-order chi connectivity index (χ1) is 15.6. The molecule has 0 bridgehead atoms. The summed E-state index contributed by atoms with van der Waals surface area (Å²) in [5.74, 6) is 1.48. The number of methoxy groups -OCH3 is 1. The van der Waals surface area contributed by atoms with Crippen molar-refractivity contribution in [3.05, 3.63) is 95.1 Å². The summed E-state index contributed by atoms with van der Waals surface area (Å²) < 4.78 is 11.1. The molecule has 4 rings (SSSR count). The Morgan fingerprint density at radius 1 is 1.09 bits per heavy atom. The normalized spacial score (nSPS) is 15.1. The summed E-state index contributed by atoms with van der Waals surface area (Å²) in [5.41, 5.74) is 4.08. The number of nitrogens with zero attached hydrogens (tertiary/aromatic N) is 1. The molecule has 32 heavy (non-hydrogen) atoms. The van der Waals surface area contributed by atoms with Crippen LogP contribution in [0, 0.1) is 0 Å². The van der Waals surface area contributed by atoms with Gasteiger partial charge in [-0.15, -0.1) is 0 Å². The van der Waals surface area contributed by atoms with Crippen LogP contribution in [0.3, 0.4) is 0 Å². The maximum absolute atomic E-state index is 10.7. The monoisotopic (exact) mass is 431 g/mol. The van der Waals surface area contributed by atoms with Crippen LogP contribution in [0.5, 0.6) is 17.2 Å². The first-order valence-electron chi connectivity index (χ1n) is 10.9. The summed E-state index contributed by atoms with van der Waals surface area (Å²) in [7, 11) is 1.54. The van der Waals surface area contributed by atoms with Crippen LogP contribution in [-0.2, 0) is 13.0 Å². The Labute approximate surface area is 189 Å². The van der Waals surface area contributed by atoms with Gasteiger partial charge in [0.05, 0.1) is 13.2 Å². The van der Waals surface area contributed by atoms with E-state index in [1.54, 1.807) is 13.2 Å². The Balaban J connectivity index is 1.42. The summed E-state index contributed by atoms with van der Waals surface area (Å²) in [6, 6.07) is 21.3. The van der Waals surface area contributed by atoms with E-state index in [9.17, 15) is 10.2 Å². The number of phenolic OH excluding ortho intramolecular Hbond substituents is 1. The van der Waals surface area contributed by atoms with Crippen molar-refractivity contribution in [3.8, 4) is 17.2 Å². The van der Waals surface area contributed by atoms with Crippen molar-refractivity contribution in [2.24, 2.45) is 0 Å². The second-order valence-corrected chi connectivity index (χ2v) is 7.99. The summed E-state index contributed by atoms with van der Waals surface area (Å²) in [6.07, 6.45) is 4.16. The van der Waals surface area contributed by atoms with Gasteiger partial charge in [-0.05, 0) is 41.0 Å². The van der Waals surface area contributed by atoms with Gasteiger partial charge in [0.25, 0.3) is 0 Å². The highest BCUT2D eigenvalue weighted by Gasteiger charge is 2.17. The number of benzene rings is 3. The minimum Gasteiger partial charge on any atom is -0.504 e. The van der Waals surface area contributed by atoms with E-state index in [0.717, 1.165) is 47.6 Å². The van der Waals surface area contributed by atoms with Crippen LogP contribution in [-0.4, -0.2) is 41.9 Å². The molecular weight excluding hydrogens is 402 g/mol. The van der Waals surface area contributed by atoms with Crippen LogP contribution in [0.15, 0.2) is 72.8 Å². The lowest BCUT2D eigenvalue weighted by Crippen LogP contribution is -2.25. The number of hydrogen-bond donors (Lipinski definition) is 2. The number of hydrogen-bond acceptors (Lipinski definition) is 5. The standard InChI is InChI=1S/C27H29NO4/c1-31-27-17-21(9-11-24(27)29)8-5-13-28-14-15-32-26-12-10-22(18-23(26)19-28)25(30)16-20-6-3-2-4-7-20/h2-12,17-18,25,29-30H,13-16,19H2,1H3. The molecule has 1 unspecified atom stereocenters. The molecule has 3 aromatic carbocycles. The lowest BCUT2D eigenvalue weighted by Gasteiger charge is -2.18. The molecule has 0 radical (unpaired) electrons. The topological polar surface area (TPSA) is 62.2 Å². The number of fused-ring (bicyclic) bond motifs is 1. The van der Waals surface area contributed by atoms with Crippen LogP contribution in [0.2, 0.25) is 0 Å². The molecule has 0 amide bonds. The third-order valence-electron chi connectivity index (χ3n) is 5.68. The Bertz CT molecular complexity index is 1060. The summed E-state index contributed by atoms with van der Waals surface area (Å²) in [4.78, 5) is 2.31. The van der Waals surface area contributed by atoms with Crippen molar-refractivity contribution in [1.82, 2.24) is 4.90 Å². The SMILES string of the molecule is COc1cc(C=CCN2CCOc3ccc(C(O)Cc4ccccc4)cc3C2)ccc1O. The molecule has 5 heteroatoms. The van der Waals surface area contributed by atoms with E-state index in [0.29, 0.717) is 18.8 Å². The zero-order valence-corrected chi connectivity index (χ0v) is 18.3. The fourth-order valence-electron chi connectivity index (χ4n) is 3.92. The molecule has 3 aromatic rings. The van der Waals surface area contributed by atoms with Crippen molar-refractivity contribution in [2.75, 3.05) is 26.8 Å². The quantitative estimate of drug-likeness (QED) is 0.573. The van der Waals surface area contributed by atoms with Crippen molar-refractivity contribution < 1.29 is 19.7 Å². The highest BCUT2D eigenvalue weighted by molar-refractivity contribution is 5.55. The molecule has 0 aliphatic carbocycles. The van der Waals surface area contributed by atoms with Gasteiger partial charge in [-0.1, -0.05) is 54.6 Å². The van der Waals surface area contributed by atoms with Crippen LogP contribution < -0.4 is 9.47 Å². The second kappa shape index (κ2) is 10.4. The number of ether oxygens (including phenoxy) is 2. The van der Waals surface area contributed by atoms with Gasteiger partial charge in [0.15, 0.2) is 11.5 Å². The zero-order chi connectivity index (χ0) is 22.3. The first-order valence-corrected chi connectivity index (χ1v) is 10.9. The molecule has 1 atom stereocenters.